The van der Waals surface area contributed by atoms with E-state index in [0.29, 0.717) is 36.0 Å². The fourth-order valence-corrected chi connectivity index (χ4v) is 2.46. The molecule has 160 valence electrons. The predicted molar refractivity (Wildman–Crippen MR) is 113 cm³/mol. The van der Waals surface area contributed by atoms with E-state index in [0.717, 1.165) is 6.42 Å². The number of hydrogen-bond acceptors (Lipinski definition) is 5. The molecule has 0 radical (unpaired) electrons. The van der Waals surface area contributed by atoms with E-state index < -0.39 is 11.8 Å². The Labute approximate surface area is 175 Å². The van der Waals surface area contributed by atoms with Crippen molar-refractivity contribution >= 4 is 23.4 Å². The molecule has 0 aliphatic heterocycles. The molecule has 0 aliphatic rings. The van der Waals surface area contributed by atoms with E-state index in [4.69, 9.17) is 9.47 Å². The molecule has 0 saturated heterocycles. The zero-order chi connectivity index (χ0) is 21.8. The lowest BCUT2D eigenvalue weighted by Gasteiger charge is -2.10. The number of hydrogen-bond donors (Lipinski definition) is 3. The maximum Gasteiger partial charge on any atom is 0.269 e. The third-order valence-corrected chi connectivity index (χ3v) is 3.91. The molecule has 8 heteroatoms. The van der Waals surface area contributed by atoms with Crippen molar-refractivity contribution in [1.29, 1.82) is 0 Å². The van der Waals surface area contributed by atoms with Crippen molar-refractivity contribution in [2.24, 2.45) is 0 Å². The van der Waals surface area contributed by atoms with Crippen LogP contribution in [-0.2, 0) is 9.59 Å². The van der Waals surface area contributed by atoms with Crippen LogP contribution in [-0.4, -0.2) is 30.9 Å². The summed E-state index contributed by atoms with van der Waals surface area (Å²) in [6.45, 7) is 5.00. The number of carbonyl (C=O) groups excluding carboxylic acids is 3. The van der Waals surface area contributed by atoms with Crippen LogP contribution in [0.25, 0.3) is 0 Å². The second kappa shape index (κ2) is 12.1. The number of anilines is 1. The normalized spacial score (nSPS) is 10.1. The molecule has 0 bridgehead atoms. The third-order valence-electron chi connectivity index (χ3n) is 3.91. The molecule has 0 aromatic heterocycles. The van der Waals surface area contributed by atoms with Gasteiger partial charge < -0.3 is 14.8 Å². The molecule has 0 spiro atoms. The second-order valence-corrected chi connectivity index (χ2v) is 6.38. The van der Waals surface area contributed by atoms with Crippen LogP contribution in [0, 0.1) is 0 Å². The van der Waals surface area contributed by atoms with Gasteiger partial charge in [0.15, 0.2) is 0 Å². The predicted octanol–water partition coefficient (Wildman–Crippen LogP) is 3.05. The van der Waals surface area contributed by atoms with Crippen LogP contribution in [0.5, 0.6) is 11.5 Å². The number of nitrogens with one attached hydrogen (secondary N) is 3. The van der Waals surface area contributed by atoms with Crippen LogP contribution in [0.4, 0.5) is 5.69 Å². The van der Waals surface area contributed by atoms with Crippen molar-refractivity contribution in [1.82, 2.24) is 10.9 Å². The molecule has 3 N–H and O–H groups in total. The number of benzene rings is 2. The van der Waals surface area contributed by atoms with E-state index >= 15 is 0 Å². The minimum atomic E-state index is -0.469. The first-order valence-corrected chi connectivity index (χ1v) is 9.86. The molecule has 0 saturated carbocycles. The van der Waals surface area contributed by atoms with Crippen LogP contribution < -0.4 is 25.6 Å². The van der Waals surface area contributed by atoms with Gasteiger partial charge in [-0.05, 0) is 55.8 Å². The van der Waals surface area contributed by atoms with Gasteiger partial charge in [-0.25, -0.2) is 0 Å². The van der Waals surface area contributed by atoms with Gasteiger partial charge in [0.2, 0.25) is 11.8 Å². The summed E-state index contributed by atoms with van der Waals surface area (Å²) in [5.74, 6) is 0.0593. The van der Waals surface area contributed by atoms with Crippen molar-refractivity contribution in [3.8, 4) is 11.5 Å². The number of carbonyl (C=O) groups is 3. The Bertz CT molecular complexity index is 852. The lowest BCUT2D eigenvalue weighted by molar-refractivity contribution is -0.124. The molecule has 0 atom stereocenters. The Morgan fingerprint density at radius 1 is 0.833 bits per heavy atom. The van der Waals surface area contributed by atoms with Gasteiger partial charge in [-0.3, -0.25) is 25.2 Å². The van der Waals surface area contributed by atoms with E-state index in [1.807, 2.05) is 13.8 Å². The Balaban J connectivity index is 1.72. The highest BCUT2D eigenvalue weighted by atomic mass is 16.5. The highest BCUT2D eigenvalue weighted by Gasteiger charge is 2.11. The smallest absolute Gasteiger partial charge is 0.269 e. The molecule has 0 fully saturated rings. The standard InChI is InChI=1S/C22H27N3O5/c1-3-14-30-19-7-5-6-16(15-19)22(28)25-24-21(27)13-12-20(26)23-17-8-10-18(11-9-17)29-4-2/h5-11,15H,3-4,12-14H2,1-2H3,(H,23,26)(H,24,27)(H,25,28). The SMILES string of the molecule is CCCOc1cccc(C(=O)NNC(=O)CCC(=O)Nc2ccc(OCC)cc2)c1. The molecule has 2 rings (SSSR count). The number of ether oxygens (including phenoxy) is 2. The molecule has 8 nitrogen and oxygen atoms in total. The van der Waals surface area contributed by atoms with E-state index in [1.165, 1.54) is 0 Å². The number of rotatable bonds is 10. The summed E-state index contributed by atoms with van der Waals surface area (Å²) in [7, 11) is 0. The van der Waals surface area contributed by atoms with E-state index in [2.05, 4.69) is 16.2 Å². The van der Waals surface area contributed by atoms with Gasteiger partial charge in [-0.1, -0.05) is 13.0 Å². The maximum atomic E-state index is 12.2. The van der Waals surface area contributed by atoms with Gasteiger partial charge >= 0.3 is 0 Å². The fourth-order valence-electron chi connectivity index (χ4n) is 2.46. The van der Waals surface area contributed by atoms with Gasteiger partial charge in [0.25, 0.3) is 5.91 Å². The minimum Gasteiger partial charge on any atom is -0.494 e. The molecule has 2 aromatic rings. The van der Waals surface area contributed by atoms with Gasteiger partial charge in [0.05, 0.1) is 13.2 Å². The molecule has 0 aliphatic carbocycles. The monoisotopic (exact) mass is 413 g/mol. The van der Waals surface area contributed by atoms with Gasteiger partial charge in [0, 0.05) is 24.1 Å². The van der Waals surface area contributed by atoms with Crippen molar-refractivity contribution in [3.63, 3.8) is 0 Å². The lowest BCUT2D eigenvalue weighted by Crippen LogP contribution is -2.41. The van der Waals surface area contributed by atoms with E-state index in [9.17, 15) is 14.4 Å². The summed E-state index contributed by atoms with van der Waals surface area (Å²) < 4.78 is 10.8. The van der Waals surface area contributed by atoms with Crippen LogP contribution in [0.3, 0.4) is 0 Å². The molecule has 0 unspecified atom stereocenters. The number of amides is 3. The minimum absolute atomic E-state index is 0.0186. The Morgan fingerprint density at radius 2 is 1.57 bits per heavy atom. The van der Waals surface area contributed by atoms with Crippen molar-refractivity contribution in [3.05, 3.63) is 54.1 Å². The van der Waals surface area contributed by atoms with Gasteiger partial charge in [0.1, 0.15) is 11.5 Å². The fraction of sp³-hybridized carbons (Fsp3) is 0.318. The Hall–Kier alpha value is -3.55. The highest BCUT2D eigenvalue weighted by Crippen LogP contribution is 2.16. The zero-order valence-corrected chi connectivity index (χ0v) is 17.2. The zero-order valence-electron chi connectivity index (χ0n) is 17.2. The quantitative estimate of drug-likeness (QED) is 0.519. The highest BCUT2D eigenvalue weighted by molar-refractivity contribution is 5.96. The average molecular weight is 413 g/mol. The molecule has 0 heterocycles. The van der Waals surface area contributed by atoms with Crippen LogP contribution in [0.1, 0.15) is 43.5 Å². The van der Waals surface area contributed by atoms with E-state index in [1.54, 1.807) is 48.5 Å². The molecule has 3 amide bonds. The Morgan fingerprint density at radius 3 is 2.27 bits per heavy atom. The van der Waals surface area contributed by atoms with Crippen LogP contribution in [0.2, 0.25) is 0 Å². The largest absolute Gasteiger partial charge is 0.494 e. The first-order chi connectivity index (χ1) is 14.5. The molecule has 2 aromatic carbocycles. The van der Waals surface area contributed by atoms with Gasteiger partial charge in [-0.15, -0.1) is 0 Å². The second-order valence-electron chi connectivity index (χ2n) is 6.38. The summed E-state index contributed by atoms with van der Waals surface area (Å²) in [6, 6.07) is 13.6. The third kappa shape index (κ3) is 7.83. The molecular weight excluding hydrogens is 386 g/mol. The van der Waals surface area contributed by atoms with Gasteiger partial charge in [-0.2, -0.15) is 0 Å². The molecular formula is C22H27N3O5. The number of hydrazine groups is 1. The first-order valence-electron chi connectivity index (χ1n) is 9.86. The van der Waals surface area contributed by atoms with Crippen molar-refractivity contribution < 1.29 is 23.9 Å². The first kappa shape index (κ1) is 22.7. The maximum absolute atomic E-state index is 12.2. The van der Waals surface area contributed by atoms with Crippen molar-refractivity contribution in [2.75, 3.05) is 18.5 Å². The summed E-state index contributed by atoms with van der Waals surface area (Å²) in [4.78, 5) is 36.1. The van der Waals surface area contributed by atoms with E-state index in [-0.39, 0.29) is 18.7 Å². The Kier molecular flexibility index (Phi) is 9.18. The van der Waals surface area contributed by atoms with Crippen LogP contribution >= 0.6 is 0 Å². The van der Waals surface area contributed by atoms with Crippen LogP contribution in [0.15, 0.2) is 48.5 Å². The topological polar surface area (TPSA) is 106 Å². The van der Waals surface area contributed by atoms with Crippen molar-refractivity contribution in [2.45, 2.75) is 33.1 Å². The summed E-state index contributed by atoms with van der Waals surface area (Å²) >= 11 is 0. The summed E-state index contributed by atoms with van der Waals surface area (Å²) in [6.07, 6.45) is 0.774. The average Bonchev–Trinajstić information content (AvgIpc) is 2.76. The lowest BCUT2D eigenvalue weighted by atomic mass is 10.2. The summed E-state index contributed by atoms with van der Waals surface area (Å²) in [5, 5.41) is 2.70. The summed E-state index contributed by atoms with van der Waals surface area (Å²) in [5.41, 5.74) is 5.61. The molecule has 30 heavy (non-hydrogen) atoms.